The topological polar surface area (TPSA) is 16.4 Å². The van der Waals surface area contributed by atoms with E-state index in [9.17, 15) is 0 Å². The molecule has 2 heteroatoms. The second kappa shape index (κ2) is 9.13. The van der Waals surface area contributed by atoms with Gasteiger partial charge in [0.25, 0.3) is 0 Å². The highest BCUT2D eigenvalue weighted by Crippen LogP contribution is 2.69. The lowest BCUT2D eigenvalue weighted by Crippen LogP contribution is -2.55. The van der Waals surface area contributed by atoms with Gasteiger partial charge in [0.15, 0.2) is 0 Å². The summed E-state index contributed by atoms with van der Waals surface area (Å²) in [4.78, 5) is 2.53. The smallest absolute Gasteiger partial charge is 0.137 e. The number of benzene rings is 6. The molecule has 7 aromatic rings. The first-order chi connectivity index (χ1) is 22.8. The van der Waals surface area contributed by atoms with E-state index in [0.29, 0.717) is 0 Å². The van der Waals surface area contributed by atoms with Crippen LogP contribution in [0.1, 0.15) is 43.2 Å². The van der Waals surface area contributed by atoms with Gasteiger partial charge in [-0.1, -0.05) is 91.0 Å². The molecule has 4 bridgehead atoms. The third-order valence-electron chi connectivity index (χ3n) is 12.4. The minimum absolute atomic E-state index is 0.119. The largest absolute Gasteiger partial charge is 0.456 e. The molecule has 0 unspecified atom stereocenters. The molecule has 0 aliphatic heterocycles. The monoisotopic (exact) mass is 593 g/mol. The van der Waals surface area contributed by atoms with E-state index in [1.54, 1.807) is 11.1 Å². The Balaban J connectivity index is 1.21. The summed E-state index contributed by atoms with van der Waals surface area (Å²) in [7, 11) is 0. The zero-order valence-corrected chi connectivity index (χ0v) is 25.8. The highest BCUT2D eigenvalue weighted by atomic mass is 16.3. The summed E-state index contributed by atoms with van der Waals surface area (Å²) in [5.74, 6) is 3.31. The van der Waals surface area contributed by atoms with Crippen LogP contribution in [0.15, 0.2) is 132 Å². The molecule has 12 rings (SSSR count). The first kappa shape index (κ1) is 25.4. The molecule has 46 heavy (non-hydrogen) atoms. The Morgan fingerprint density at radius 2 is 1.17 bits per heavy atom. The lowest BCUT2D eigenvalue weighted by atomic mass is 9.43. The van der Waals surface area contributed by atoms with Crippen molar-refractivity contribution in [3.8, 4) is 11.1 Å². The van der Waals surface area contributed by atoms with Crippen LogP contribution in [-0.4, -0.2) is 0 Å². The lowest BCUT2D eigenvalue weighted by molar-refractivity contribution is -0.0399. The van der Waals surface area contributed by atoms with E-state index in [1.807, 2.05) is 0 Å². The molecule has 1 spiro atoms. The van der Waals surface area contributed by atoms with Gasteiger partial charge in [-0.05, 0) is 120 Å². The van der Waals surface area contributed by atoms with E-state index in [1.165, 1.54) is 70.8 Å². The Labute approximate surface area is 269 Å². The summed E-state index contributed by atoms with van der Waals surface area (Å²) in [5.41, 5.74) is 11.7. The van der Waals surface area contributed by atoms with Crippen LogP contribution in [-0.2, 0) is 5.41 Å². The minimum atomic E-state index is 0.119. The normalized spacial score (nSPS) is 25.5. The summed E-state index contributed by atoms with van der Waals surface area (Å²) in [6, 6.07) is 47.5. The first-order valence-corrected chi connectivity index (χ1v) is 17.2. The van der Waals surface area contributed by atoms with E-state index in [2.05, 4.69) is 132 Å². The van der Waals surface area contributed by atoms with Crippen LogP contribution in [0.3, 0.4) is 0 Å². The van der Waals surface area contributed by atoms with Gasteiger partial charge in [-0.2, -0.15) is 0 Å². The number of anilines is 3. The maximum absolute atomic E-state index is 6.45. The standard InChI is InChI=1S/C44H35NO/c1-2-11-33-29(9-1)10-7-15-39(33)45(40-16-8-18-42-43(40)36-13-4-6-17-41(36)46-42)32-19-20-35-34-12-3-5-14-37(34)44(38(35)26-32)30-22-27-21-28(24-30)25-31(44)23-27/h1-20,26-28,30-31H,21-25H2. The summed E-state index contributed by atoms with van der Waals surface area (Å²) in [5, 5.41) is 4.83. The molecule has 1 aromatic heterocycles. The number of hydrogen-bond donors (Lipinski definition) is 0. The van der Waals surface area contributed by atoms with E-state index < -0.39 is 0 Å². The molecule has 0 N–H and O–H groups in total. The molecule has 0 radical (unpaired) electrons. The van der Waals surface area contributed by atoms with Crippen molar-refractivity contribution in [2.45, 2.75) is 37.5 Å². The van der Waals surface area contributed by atoms with E-state index in [-0.39, 0.29) is 5.41 Å². The van der Waals surface area contributed by atoms with E-state index >= 15 is 0 Å². The molecule has 5 aliphatic carbocycles. The predicted octanol–water partition coefficient (Wildman–Crippen LogP) is 11.9. The van der Waals surface area contributed by atoms with Crippen LogP contribution in [0.2, 0.25) is 0 Å². The van der Waals surface area contributed by atoms with Crippen molar-refractivity contribution in [1.29, 1.82) is 0 Å². The number of rotatable bonds is 3. The van der Waals surface area contributed by atoms with E-state index in [0.717, 1.165) is 45.9 Å². The molecular weight excluding hydrogens is 558 g/mol. The Morgan fingerprint density at radius 1 is 0.522 bits per heavy atom. The molecule has 0 atom stereocenters. The number of furan rings is 1. The van der Waals surface area contributed by atoms with Gasteiger partial charge in [-0.15, -0.1) is 0 Å². The minimum Gasteiger partial charge on any atom is -0.456 e. The van der Waals surface area contributed by atoms with Gasteiger partial charge in [-0.25, -0.2) is 0 Å². The Kier molecular flexibility index (Phi) is 5.04. The second-order valence-electron chi connectivity index (χ2n) is 14.5. The average molecular weight is 594 g/mol. The molecule has 2 nitrogen and oxygen atoms in total. The zero-order valence-electron chi connectivity index (χ0n) is 25.8. The predicted molar refractivity (Wildman–Crippen MR) is 189 cm³/mol. The van der Waals surface area contributed by atoms with Gasteiger partial charge in [0, 0.05) is 21.9 Å². The third-order valence-corrected chi connectivity index (χ3v) is 12.4. The van der Waals surface area contributed by atoms with Crippen LogP contribution in [0, 0.1) is 23.7 Å². The fourth-order valence-corrected chi connectivity index (χ4v) is 11.0. The van der Waals surface area contributed by atoms with Gasteiger partial charge in [0.1, 0.15) is 11.2 Å². The van der Waals surface area contributed by atoms with Crippen molar-refractivity contribution in [2.24, 2.45) is 23.7 Å². The van der Waals surface area contributed by atoms with Crippen LogP contribution in [0.25, 0.3) is 43.8 Å². The van der Waals surface area contributed by atoms with E-state index in [4.69, 9.17) is 4.42 Å². The molecule has 0 amide bonds. The van der Waals surface area contributed by atoms with Crippen molar-refractivity contribution in [2.75, 3.05) is 4.90 Å². The molecular formula is C44H35NO. The van der Waals surface area contributed by atoms with Crippen molar-refractivity contribution < 1.29 is 4.42 Å². The Morgan fingerprint density at radius 3 is 2.04 bits per heavy atom. The van der Waals surface area contributed by atoms with Crippen LogP contribution in [0.5, 0.6) is 0 Å². The SMILES string of the molecule is c1ccc2c(c1)-c1ccc(N(c3cccc4ccccc34)c3cccc4oc5ccccc5c34)cc1C21C2CC3CC(C2)CC1C3. The molecule has 4 fully saturated rings. The van der Waals surface area contributed by atoms with Crippen molar-refractivity contribution in [3.05, 3.63) is 139 Å². The van der Waals surface area contributed by atoms with Crippen molar-refractivity contribution >= 4 is 49.8 Å². The maximum atomic E-state index is 6.45. The molecule has 222 valence electrons. The van der Waals surface area contributed by atoms with Crippen LogP contribution < -0.4 is 4.90 Å². The molecule has 5 aliphatic rings. The molecule has 1 heterocycles. The maximum Gasteiger partial charge on any atom is 0.137 e. The molecule has 6 aromatic carbocycles. The van der Waals surface area contributed by atoms with Gasteiger partial charge in [-0.3, -0.25) is 0 Å². The highest BCUT2D eigenvalue weighted by molar-refractivity contribution is 6.14. The number of fused-ring (bicyclic) bond motifs is 7. The summed E-state index contributed by atoms with van der Waals surface area (Å²) >= 11 is 0. The number of hydrogen-bond acceptors (Lipinski definition) is 2. The number of nitrogens with zero attached hydrogens (tertiary/aromatic N) is 1. The van der Waals surface area contributed by atoms with Gasteiger partial charge >= 0.3 is 0 Å². The fourth-order valence-electron chi connectivity index (χ4n) is 11.0. The van der Waals surface area contributed by atoms with Crippen LogP contribution >= 0.6 is 0 Å². The second-order valence-corrected chi connectivity index (χ2v) is 14.5. The summed E-state index contributed by atoms with van der Waals surface area (Å²) in [6.07, 6.45) is 7.02. The summed E-state index contributed by atoms with van der Waals surface area (Å²) in [6.45, 7) is 0. The average Bonchev–Trinajstić information content (AvgIpc) is 3.61. The molecule has 4 saturated carbocycles. The summed E-state index contributed by atoms with van der Waals surface area (Å²) < 4.78 is 6.45. The Hall–Kier alpha value is -4.82. The van der Waals surface area contributed by atoms with Crippen LogP contribution in [0.4, 0.5) is 17.1 Å². The first-order valence-electron chi connectivity index (χ1n) is 17.2. The van der Waals surface area contributed by atoms with Crippen molar-refractivity contribution in [3.63, 3.8) is 0 Å². The van der Waals surface area contributed by atoms with Gasteiger partial charge in [0.05, 0.1) is 16.8 Å². The van der Waals surface area contributed by atoms with Gasteiger partial charge < -0.3 is 9.32 Å². The van der Waals surface area contributed by atoms with Gasteiger partial charge in [0.2, 0.25) is 0 Å². The fraction of sp³-hybridized carbons (Fsp3) is 0.227. The third kappa shape index (κ3) is 3.22. The molecule has 0 saturated heterocycles. The lowest BCUT2D eigenvalue weighted by Gasteiger charge is -2.61. The zero-order chi connectivity index (χ0) is 30.0. The number of para-hydroxylation sites is 1. The Bertz CT molecular complexity index is 2330. The highest BCUT2D eigenvalue weighted by Gasteiger charge is 2.61. The quantitative estimate of drug-likeness (QED) is 0.203. The van der Waals surface area contributed by atoms with Crippen molar-refractivity contribution in [1.82, 2.24) is 0 Å².